The molecule has 1 fully saturated rings. The quantitative estimate of drug-likeness (QED) is 0.728. The molecule has 1 aromatic rings. The Balaban J connectivity index is 2.36. The Morgan fingerprint density at radius 1 is 1.24 bits per heavy atom. The van der Waals surface area contributed by atoms with Crippen LogP contribution in [0.2, 0.25) is 0 Å². The molecule has 1 aromatic carbocycles. The first-order chi connectivity index (χ1) is 8.22. The third kappa shape index (κ3) is 2.68. The number of rotatable bonds is 2. The number of methoxy groups -OCH3 is 1. The van der Waals surface area contributed by atoms with Crippen molar-refractivity contribution in [3.63, 3.8) is 0 Å². The molecular weight excluding hydrogens is 212 g/mol. The van der Waals surface area contributed by atoms with Gasteiger partial charge in [0.2, 0.25) is 0 Å². The van der Waals surface area contributed by atoms with Crippen molar-refractivity contribution >= 4 is 5.78 Å². The third-order valence-corrected chi connectivity index (χ3v) is 3.57. The van der Waals surface area contributed by atoms with Crippen molar-refractivity contribution in [1.29, 1.82) is 0 Å². The van der Waals surface area contributed by atoms with Crippen LogP contribution in [-0.2, 0) is 4.79 Å². The minimum absolute atomic E-state index is 0.0485. The zero-order valence-corrected chi connectivity index (χ0v) is 10.7. The van der Waals surface area contributed by atoms with Crippen molar-refractivity contribution < 1.29 is 9.53 Å². The summed E-state index contributed by atoms with van der Waals surface area (Å²) in [5, 5.41) is 0. The maximum absolute atomic E-state index is 12.1. The maximum atomic E-state index is 12.1. The largest absolute Gasteiger partial charge is 0.496 e. The number of Topliss-reactive ketones (excluding diaryl/α,β-unsaturated/α-hetero) is 1. The van der Waals surface area contributed by atoms with E-state index in [0.717, 1.165) is 37.0 Å². The van der Waals surface area contributed by atoms with Gasteiger partial charge in [-0.25, -0.2) is 0 Å². The molecule has 2 nitrogen and oxygen atoms in total. The first kappa shape index (κ1) is 12.2. The Labute approximate surface area is 103 Å². The molecule has 1 aliphatic carbocycles. The molecule has 0 amide bonds. The van der Waals surface area contributed by atoms with Crippen LogP contribution in [0.4, 0.5) is 0 Å². The fraction of sp³-hybridized carbons (Fsp3) is 0.533. The van der Waals surface area contributed by atoms with E-state index in [2.05, 4.69) is 13.0 Å². The molecule has 17 heavy (non-hydrogen) atoms. The Kier molecular flexibility index (Phi) is 3.82. The van der Waals surface area contributed by atoms with Gasteiger partial charge in [-0.3, -0.25) is 4.79 Å². The maximum Gasteiger partial charge on any atom is 0.140 e. The Morgan fingerprint density at radius 2 is 2.06 bits per heavy atom. The second kappa shape index (κ2) is 5.35. The van der Waals surface area contributed by atoms with Crippen LogP contribution < -0.4 is 4.74 Å². The molecule has 0 N–H and O–H groups in total. The van der Waals surface area contributed by atoms with Crippen LogP contribution in [0.25, 0.3) is 0 Å². The standard InChI is InChI=1S/C15H20O2/c1-11-8-9-15(17-2)13(10-11)12-6-4-3-5-7-14(12)16/h8-10,12H,3-7H2,1-2H3. The molecule has 1 saturated carbocycles. The van der Waals surface area contributed by atoms with E-state index in [9.17, 15) is 4.79 Å². The zero-order chi connectivity index (χ0) is 12.3. The van der Waals surface area contributed by atoms with Crippen molar-refractivity contribution in [3.05, 3.63) is 29.3 Å². The molecule has 92 valence electrons. The minimum atomic E-state index is 0.0485. The fourth-order valence-electron chi connectivity index (χ4n) is 2.61. The number of ether oxygens (including phenoxy) is 1. The van der Waals surface area contributed by atoms with Crippen molar-refractivity contribution in [2.45, 2.75) is 44.9 Å². The van der Waals surface area contributed by atoms with Gasteiger partial charge in [0.1, 0.15) is 11.5 Å². The summed E-state index contributed by atoms with van der Waals surface area (Å²) in [4.78, 5) is 12.1. The number of aryl methyl sites for hydroxylation is 1. The predicted octanol–water partition coefficient (Wildman–Crippen LogP) is 3.62. The summed E-state index contributed by atoms with van der Waals surface area (Å²) in [7, 11) is 1.68. The number of hydrogen-bond donors (Lipinski definition) is 0. The van der Waals surface area contributed by atoms with Gasteiger partial charge in [0, 0.05) is 17.9 Å². The number of hydrogen-bond acceptors (Lipinski definition) is 2. The molecule has 0 aliphatic heterocycles. The molecule has 2 heteroatoms. The topological polar surface area (TPSA) is 26.3 Å². The highest BCUT2D eigenvalue weighted by atomic mass is 16.5. The summed E-state index contributed by atoms with van der Waals surface area (Å²) in [6.07, 6.45) is 5.06. The van der Waals surface area contributed by atoms with Gasteiger partial charge in [-0.1, -0.05) is 30.5 Å². The summed E-state index contributed by atoms with van der Waals surface area (Å²) < 4.78 is 5.39. The smallest absolute Gasteiger partial charge is 0.140 e. The molecule has 1 atom stereocenters. The number of benzene rings is 1. The van der Waals surface area contributed by atoms with Gasteiger partial charge in [-0.15, -0.1) is 0 Å². The van der Waals surface area contributed by atoms with E-state index < -0.39 is 0 Å². The van der Waals surface area contributed by atoms with E-state index in [4.69, 9.17) is 4.74 Å². The van der Waals surface area contributed by atoms with Crippen molar-refractivity contribution in [3.8, 4) is 5.75 Å². The Morgan fingerprint density at radius 3 is 2.82 bits per heavy atom. The lowest BCUT2D eigenvalue weighted by Crippen LogP contribution is -2.11. The lowest BCUT2D eigenvalue weighted by atomic mass is 9.89. The van der Waals surface area contributed by atoms with Crippen molar-refractivity contribution in [1.82, 2.24) is 0 Å². The van der Waals surface area contributed by atoms with E-state index >= 15 is 0 Å². The average Bonchev–Trinajstić information content (AvgIpc) is 2.54. The molecule has 0 saturated heterocycles. The number of carbonyl (C=O) groups excluding carboxylic acids is 1. The highest BCUT2D eigenvalue weighted by Gasteiger charge is 2.25. The second-order valence-corrected chi connectivity index (χ2v) is 4.86. The molecule has 0 heterocycles. The van der Waals surface area contributed by atoms with Crippen molar-refractivity contribution in [2.24, 2.45) is 0 Å². The van der Waals surface area contributed by atoms with E-state index in [1.54, 1.807) is 7.11 Å². The normalized spacial score (nSPS) is 21.1. The monoisotopic (exact) mass is 232 g/mol. The minimum Gasteiger partial charge on any atom is -0.496 e. The van der Waals surface area contributed by atoms with Crippen LogP contribution >= 0.6 is 0 Å². The van der Waals surface area contributed by atoms with Crippen LogP contribution in [0.5, 0.6) is 5.75 Å². The summed E-state index contributed by atoms with van der Waals surface area (Å²) in [6, 6.07) is 6.11. The highest BCUT2D eigenvalue weighted by Crippen LogP contribution is 2.35. The summed E-state index contributed by atoms with van der Waals surface area (Å²) in [5.74, 6) is 1.29. The first-order valence-electron chi connectivity index (χ1n) is 6.39. The molecule has 2 rings (SSSR count). The van der Waals surface area contributed by atoms with Crippen LogP contribution in [-0.4, -0.2) is 12.9 Å². The zero-order valence-electron chi connectivity index (χ0n) is 10.7. The second-order valence-electron chi connectivity index (χ2n) is 4.86. The van der Waals surface area contributed by atoms with Gasteiger partial charge in [-0.05, 0) is 25.8 Å². The van der Waals surface area contributed by atoms with Crippen LogP contribution in [0.1, 0.15) is 49.1 Å². The van der Waals surface area contributed by atoms with Crippen LogP contribution in [0, 0.1) is 6.92 Å². The molecule has 0 aromatic heterocycles. The van der Waals surface area contributed by atoms with E-state index in [1.165, 1.54) is 12.0 Å². The SMILES string of the molecule is COc1ccc(C)cc1C1CCCCCC1=O. The van der Waals surface area contributed by atoms with Crippen LogP contribution in [0.3, 0.4) is 0 Å². The lowest BCUT2D eigenvalue weighted by molar-refractivity contribution is -0.120. The van der Waals surface area contributed by atoms with Gasteiger partial charge in [-0.2, -0.15) is 0 Å². The highest BCUT2D eigenvalue weighted by molar-refractivity contribution is 5.86. The Bertz CT molecular complexity index is 409. The fourth-order valence-corrected chi connectivity index (χ4v) is 2.61. The van der Waals surface area contributed by atoms with Crippen LogP contribution in [0.15, 0.2) is 18.2 Å². The van der Waals surface area contributed by atoms with Crippen molar-refractivity contribution in [2.75, 3.05) is 7.11 Å². The van der Waals surface area contributed by atoms with Gasteiger partial charge in [0.15, 0.2) is 0 Å². The lowest BCUT2D eigenvalue weighted by Gasteiger charge is -2.17. The summed E-state index contributed by atoms with van der Waals surface area (Å²) >= 11 is 0. The summed E-state index contributed by atoms with van der Waals surface area (Å²) in [6.45, 7) is 2.06. The Hall–Kier alpha value is -1.31. The van der Waals surface area contributed by atoms with E-state index in [0.29, 0.717) is 5.78 Å². The first-order valence-corrected chi connectivity index (χ1v) is 6.39. The van der Waals surface area contributed by atoms with Gasteiger partial charge >= 0.3 is 0 Å². The van der Waals surface area contributed by atoms with Gasteiger partial charge < -0.3 is 4.74 Å². The molecule has 1 unspecified atom stereocenters. The molecule has 0 spiro atoms. The molecule has 0 radical (unpaired) electrons. The average molecular weight is 232 g/mol. The third-order valence-electron chi connectivity index (χ3n) is 3.57. The summed E-state index contributed by atoms with van der Waals surface area (Å²) in [5.41, 5.74) is 2.28. The van der Waals surface area contributed by atoms with E-state index in [1.807, 2.05) is 12.1 Å². The predicted molar refractivity (Wildman–Crippen MR) is 68.6 cm³/mol. The van der Waals surface area contributed by atoms with Gasteiger partial charge in [0.05, 0.1) is 7.11 Å². The van der Waals surface area contributed by atoms with Gasteiger partial charge in [0.25, 0.3) is 0 Å². The molecular formula is C15H20O2. The molecule has 0 bridgehead atoms. The number of carbonyl (C=O) groups is 1. The molecule has 1 aliphatic rings. The van der Waals surface area contributed by atoms with E-state index in [-0.39, 0.29) is 5.92 Å². The number of ketones is 1.